The standard InChI is InChI=1S/C21H19BF2O4/c1-3-13-25-18-9-5-16(6-10-18)20-15-21(28-22(23,24)27-20)17-7-11-19(12-8-17)26-14-4-2/h3-12,15H,1-2,13-14H2. The van der Waals surface area contributed by atoms with Gasteiger partial charge in [-0.25, -0.2) is 0 Å². The number of carbonyl (C=O) groups excluding carboxylic acids is 1. The van der Waals surface area contributed by atoms with Crippen molar-refractivity contribution in [2.24, 2.45) is 0 Å². The number of ketones is 1. The van der Waals surface area contributed by atoms with Crippen LogP contribution in [0.25, 0.3) is 5.76 Å². The lowest BCUT2D eigenvalue weighted by atomic mass is 10.0. The topological polar surface area (TPSA) is 39.0 Å². The van der Waals surface area contributed by atoms with Crippen molar-refractivity contribution in [1.29, 1.82) is 0 Å². The molecule has 0 spiro atoms. The van der Waals surface area contributed by atoms with Crippen molar-refractivity contribution in [1.82, 2.24) is 0 Å². The lowest BCUT2D eigenvalue weighted by Crippen LogP contribution is -2.31. The van der Waals surface area contributed by atoms with Crippen LogP contribution in [0, 0.1) is 0 Å². The molecule has 0 aliphatic carbocycles. The van der Waals surface area contributed by atoms with E-state index in [-0.39, 0.29) is 11.5 Å². The Morgan fingerprint density at radius 2 is 1.36 bits per heavy atom. The summed E-state index contributed by atoms with van der Waals surface area (Å²) in [7, 11) is -4.49. The quantitative estimate of drug-likeness (QED) is 0.366. The molecule has 2 aromatic rings. The van der Waals surface area contributed by atoms with E-state index < -0.39 is 7.11 Å². The van der Waals surface area contributed by atoms with Crippen LogP contribution in [-0.4, -0.2) is 26.1 Å². The van der Waals surface area contributed by atoms with Gasteiger partial charge < -0.3 is 27.1 Å². The van der Waals surface area contributed by atoms with E-state index in [4.69, 9.17) is 18.5 Å². The van der Waals surface area contributed by atoms with E-state index in [9.17, 15) is 8.63 Å². The van der Waals surface area contributed by atoms with Gasteiger partial charge in [0, 0.05) is 5.56 Å². The van der Waals surface area contributed by atoms with E-state index in [1.807, 2.05) is 0 Å². The number of halogens is 2. The molecule has 2 aromatic carbocycles. The molecule has 28 heavy (non-hydrogen) atoms. The number of allylic oxidation sites excluding steroid dienone is 1. The number of ether oxygens (including phenoxy) is 2. The molecule has 144 valence electrons. The Kier molecular flexibility index (Phi) is 5.94. The predicted octanol–water partition coefficient (Wildman–Crippen LogP) is 4.98. The van der Waals surface area contributed by atoms with Crippen LogP contribution in [0.15, 0.2) is 79.9 Å². The summed E-state index contributed by atoms with van der Waals surface area (Å²) in [5.74, 6) is 1.25. The van der Waals surface area contributed by atoms with Crippen LogP contribution in [-0.2, 0) is 4.65 Å². The van der Waals surface area contributed by atoms with Crippen molar-refractivity contribution in [2.45, 2.75) is 0 Å². The minimum Gasteiger partial charge on any atom is -0.569 e. The highest BCUT2D eigenvalue weighted by Crippen LogP contribution is 2.30. The second-order valence-corrected chi connectivity index (χ2v) is 5.89. The van der Waals surface area contributed by atoms with Crippen LogP contribution >= 0.6 is 0 Å². The van der Waals surface area contributed by atoms with Gasteiger partial charge in [-0.1, -0.05) is 25.3 Å². The monoisotopic (exact) mass is 384 g/mol. The van der Waals surface area contributed by atoms with Gasteiger partial charge in [0.05, 0.1) is 17.4 Å². The van der Waals surface area contributed by atoms with Gasteiger partial charge in [-0.15, -0.1) is 0 Å². The minimum absolute atomic E-state index is 0.0218. The fourth-order valence-electron chi connectivity index (χ4n) is 2.55. The molecule has 0 amide bonds. The summed E-state index contributed by atoms with van der Waals surface area (Å²) < 4.78 is 48.4. The summed E-state index contributed by atoms with van der Waals surface area (Å²) in [5.41, 5.74) is 0.971. The SMILES string of the molecule is C=CCOc1ccc(C2=CC(c3ccc(OCC=C)cc3)=[O+][B-](F)(F)O2)cc1. The Morgan fingerprint density at radius 3 is 1.86 bits per heavy atom. The van der Waals surface area contributed by atoms with Crippen molar-refractivity contribution < 1.29 is 27.1 Å². The third-order valence-corrected chi connectivity index (χ3v) is 3.80. The van der Waals surface area contributed by atoms with Crippen LogP contribution in [0.5, 0.6) is 11.5 Å². The predicted molar refractivity (Wildman–Crippen MR) is 106 cm³/mol. The molecule has 0 atom stereocenters. The molecule has 0 bridgehead atoms. The van der Waals surface area contributed by atoms with E-state index >= 15 is 0 Å². The van der Waals surface area contributed by atoms with E-state index in [0.717, 1.165) is 0 Å². The van der Waals surface area contributed by atoms with E-state index in [1.165, 1.54) is 6.08 Å². The van der Waals surface area contributed by atoms with E-state index in [2.05, 4.69) is 13.2 Å². The third kappa shape index (κ3) is 4.88. The molecule has 0 saturated carbocycles. The van der Waals surface area contributed by atoms with E-state index in [1.54, 1.807) is 60.7 Å². The lowest BCUT2D eigenvalue weighted by molar-refractivity contribution is -0.183. The van der Waals surface area contributed by atoms with Gasteiger partial charge in [-0.05, 0) is 48.5 Å². The molecule has 3 rings (SSSR count). The maximum Gasteiger partial charge on any atom is 0.995 e. The zero-order valence-corrected chi connectivity index (χ0v) is 15.1. The first kappa shape index (κ1) is 19.4. The van der Waals surface area contributed by atoms with Gasteiger partial charge in [0.1, 0.15) is 24.7 Å². The molecule has 0 N–H and O–H groups in total. The molecular weight excluding hydrogens is 365 g/mol. The average molecular weight is 384 g/mol. The average Bonchev–Trinajstić information content (AvgIpc) is 2.70. The van der Waals surface area contributed by atoms with Gasteiger partial charge in [-0.3, -0.25) is 0 Å². The summed E-state index contributed by atoms with van der Waals surface area (Å²) in [6, 6.07) is 13.3. The minimum atomic E-state index is -4.49. The Labute approximate surface area is 162 Å². The van der Waals surface area contributed by atoms with Gasteiger partial charge in [-0.2, -0.15) is 0 Å². The molecule has 7 heteroatoms. The summed E-state index contributed by atoms with van der Waals surface area (Å²) in [6.45, 7) is 7.87. The molecule has 0 aromatic heterocycles. The number of rotatable bonds is 8. The first-order chi connectivity index (χ1) is 13.5. The van der Waals surface area contributed by atoms with Crippen molar-refractivity contribution >= 4 is 18.6 Å². The largest absolute Gasteiger partial charge is 0.995 e. The van der Waals surface area contributed by atoms with Crippen molar-refractivity contribution in [3.63, 3.8) is 0 Å². The zero-order chi connectivity index (χ0) is 20.0. The van der Waals surface area contributed by atoms with Gasteiger partial charge in [0.25, 0.3) is 5.78 Å². The van der Waals surface area contributed by atoms with Gasteiger partial charge in [0.2, 0.25) is 0 Å². The lowest BCUT2D eigenvalue weighted by Gasteiger charge is -2.20. The molecule has 0 saturated heterocycles. The Balaban J connectivity index is 1.85. The van der Waals surface area contributed by atoms with Crippen LogP contribution in [0.2, 0.25) is 0 Å². The highest BCUT2D eigenvalue weighted by molar-refractivity contribution is 6.52. The zero-order valence-electron chi connectivity index (χ0n) is 15.1. The summed E-state index contributed by atoms with van der Waals surface area (Å²) >= 11 is 0. The molecule has 0 fully saturated rings. The summed E-state index contributed by atoms with van der Waals surface area (Å²) in [5, 5.41) is 0. The Hall–Kier alpha value is -3.35. The Morgan fingerprint density at radius 1 is 0.857 bits per heavy atom. The van der Waals surface area contributed by atoms with Crippen molar-refractivity contribution in [2.75, 3.05) is 13.2 Å². The maximum absolute atomic E-state index is 14.1. The van der Waals surface area contributed by atoms with Gasteiger partial charge >= 0.3 is 7.11 Å². The smallest absolute Gasteiger partial charge is 0.569 e. The first-order valence-electron chi connectivity index (χ1n) is 8.65. The molecule has 1 aliphatic heterocycles. The summed E-state index contributed by atoms with van der Waals surface area (Å²) in [6.07, 6.45) is 4.68. The second-order valence-electron chi connectivity index (χ2n) is 5.89. The maximum atomic E-state index is 14.1. The first-order valence-corrected chi connectivity index (χ1v) is 8.65. The second kappa shape index (κ2) is 8.56. The number of benzene rings is 2. The highest BCUT2D eigenvalue weighted by Gasteiger charge is 2.53. The summed E-state index contributed by atoms with van der Waals surface area (Å²) in [4.78, 5) is 0. The number of hydrogen-bond acceptors (Lipinski definition) is 3. The van der Waals surface area contributed by atoms with Crippen LogP contribution in [0.3, 0.4) is 0 Å². The fraction of sp³-hybridized carbons (Fsp3) is 0.0952. The van der Waals surface area contributed by atoms with Crippen molar-refractivity contribution in [3.05, 3.63) is 91.0 Å². The normalized spacial score (nSPS) is 14.9. The molecule has 1 heterocycles. The fourth-order valence-corrected chi connectivity index (χ4v) is 2.55. The Bertz CT molecular complexity index is 903. The molecule has 0 radical (unpaired) electrons. The van der Waals surface area contributed by atoms with E-state index in [0.29, 0.717) is 35.8 Å². The highest BCUT2D eigenvalue weighted by atomic mass is 19.3. The molecule has 1 aliphatic rings. The third-order valence-electron chi connectivity index (χ3n) is 3.80. The molecule has 0 unspecified atom stereocenters. The molecular formula is C21H19BF2O4. The van der Waals surface area contributed by atoms with Crippen molar-refractivity contribution in [3.8, 4) is 11.5 Å². The van der Waals surface area contributed by atoms with Crippen LogP contribution in [0.4, 0.5) is 8.63 Å². The van der Waals surface area contributed by atoms with Crippen LogP contribution in [0.1, 0.15) is 15.5 Å². The van der Waals surface area contributed by atoms with Crippen LogP contribution < -0.4 is 9.47 Å². The van der Waals surface area contributed by atoms with Gasteiger partial charge in [0.15, 0.2) is 0 Å². The molecule has 4 nitrogen and oxygen atoms in total. The number of hydrogen-bond donors (Lipinski definition) is 0.